The molecule has 2 rings (SSSR count). The predicted octanol–water partition coefficient (Wildman–Crippen LogP) is 3.75. The second-order valence-electron chi connectivity index (χ2n) is 7.71. The van der Waals surface area contributed by atoms with E-state index in [-0.39, 0.29) is 5.60 Å². The maximum atomic E-state index is 6.19. The molecule has 0 spiro atoms. The highest BCUT2D eigenvalue weighted by molar-refractivity contribution is 4.91. The highest BCUT2D eigenvalue weighted by Gasteiger charge is 2.38. The maximum Gasteiger partial charge on any atom is 0.0631 e. The minimum atomic E-state index is 0.104. The van der Waals surface area contributed by atoms with Gasteiger partial charge in [0.05, 0.1) is 11.7 Å². The number of hydrogen-bond donors (Lipinski definition) is 1. The van der Waals surface area contributed by atoms with Crippen LogP contribution < -0.4 is 5.32 Å². The molecule has 0 bridgehead atoms. The van der Waals surface area contributed by atoms with Crippen LogP contribution in [0.2, 0.25) is 0 Å². The summed E-state index contributed by atoms with van der Waals surface area (Å²) in [5, 5.41) is 3.72. The first-order chi connectivity index (χ1) is 8.31. The van der Waals surface area contributed by atoms with Crippen LogP contribution in [0, 0.1) is 11.3 Å². The van der Waals surface area contributed by atoms with Gasteiger partial charge in [0.25, 0.3) is 0 Å². The van der Waals surface area contributed by atoms with Gasteiger partial charge >= 0.3 is 0 Å². The Morgan fingerprint density at radius 3 is 2.39 bits per heavy atom. The maximum absolute atomic E-state index is 6.19. The predicted molar refractivity (Wildman–Crippen MR) is 76.8 cm³/mol. The molecule has 2 unspecified atom stereocenters. The van der Waals surface area contributed by atoms with Crippen molar-refractivity contribution in [1.82, 2.24) is 5.32 Å². The molecule has 2 fully saturated rings. The van der Waals surface area contributed by atoms with Gasteiger partial charge in [0.2, 0.25) is 0 Å². The Kier molecular flexibility index (Phi) is 4.08. The molecular weight excluding hydrogens is 222 g/mol. The van der Waals surface area contributed by atoms with E-state index in [1.807, 2.05) is 0 Å². The molecule has 0 aromatic rings. The van der Waals surface area contributed by atoms with E-state index >= 15 is 0 Å². The van der Waals surface area contributed by atoms with Crippen molar-refractivity contribution in [2.45, 2.75) is 84.5 Å². The van der Waals surface area contributed by atoms with Gasteiger partial charge in [-0.15, -0.1) is 0 Å². The van der Waals surface area contributed by atoms with Gasteiger partial charge in [0, 0.05) is 12.6 Å². The summed E-state index contributed by atoms with van der Waals surface area (Å²) in [6.45, 7) is 12.7. The summed E-state index contributed by atoms with van der Waals surface area (Å²) in [5.74, 6) is 0.705. The van der Waals surface area contributed by atoms with Crippen LogP contribution in [-0.2, 0) is 4.74 Å². The number of hydrogen-bond acceptors (Lipinski definition) is 2. The molecule has 2 aliphatic rings. The Balaban J connectivity index is 1.88. The first-order valence-corrected chi connectivity index (χ1v) is 7.72. The van der Waals surface area contributed by atoms with Crippen LogP contribution in [0.3, 0.4) is 0 Å². The summed E-state index contributed by atoms with van der Waals surface area (Å²) in [6.07, 6.45) is 6.87. The lowest BCUT2D eigenvalue weighted by Gasteiger charge is -2.37. The van der Waals surface area contributed by atoms with E-state index < -0.39 is 0 Å². The van der Waals surface area contributed by atoms with Crippen LogP contribution in [0.5, 0.6) is 0 Å². The fourth-order valence-electron chi connectivity index (χ4n) is 2.92. The monoisotopic (exact) mass is 253 g/mol. The lowest BCUT2D eigenvalue weighted by Crippen LogP contribution is -2.40. The standard InChI is InChI=1S/C16H31NO/c1-12(2)16(5,11-17-13-6-7-13)10-14-8-9-15(3,4)18-14/h12-14,17H,6-11H2,1-5H3. The Morgan fingerprint density at radius 1 is 1.28 bits per heavy atom. The van der Waals surface area contributed by atoms with Gasteiger partial charge in [-0.05, 0) is 57.3 Å². The number of rotatable bonds is 6. The van der Waals surface area contributed by atoms with Crippen molar-refractivity contribution in [2.75, 3.05) is 6.54 Å². The molecule has 1 heterocycles. The minimum Gasteiger partial charge on any atom is -0.372 e. The van der Waals surface area contributed by atoms with E-state index in [0.717, 1.165) is 12.6 Å². The lowest BCUT2D eigenvalue weighted by molar-refractivity contribution is -0.0396. The molecule has 2 nitrogen and oxygen atoms in total. The highest BCUT2D eigenvalue weighted by Crippen LogP contribution is 2.39. The second-order valence-corrected chi connectivity index (χ2v) is 7.71. The van der Waals surface area contributed by atoms with Crippen molar-refractivity contribution >= 4 is 0 Å². The molecule has 106 valence electrons. The highest BCUT2D eigenvalue weighted by atomic mass is 16.5. The fourth-order valence-corrected chi connectivity index (χ4v) is 2.92. The SMILES string of the molecule is CC(C)C(C)(CNC1CC1)CC1CCC(C)(C)O1. The quantitative estimate of drug-likeness (QED) is 0.778. The first kappa shape index (κ1) is 14.3. The molecule has 1 saturated heterocycles. The van der Waals surface area contributed by atoms with Crippen LogP contribution in [0.1, 0.15) is 66.7 Å². The van der Waals surface area contributed by atoms with E-state index in [9.17, 15) is 0 Å². The third-order valence-electron chi connectivity index (χ3n) is 5.01. The number of nitrogens with one attached hydrogen (secondary N) is 1. The second kappa shape index (κ2) is 5.13. The van der Waals surface area contributed by atoms with Gasteiger partial charge in [-0.1, -0.05) is 20.8 Å². The van der Waals surface area contributed by atoms with Crippen LogP contribution in [0.15, 0.2) is 0 Å². The van der Waals surface area contributed by atoms with E-state index in [0.29, 0.717) is 17.4 Å². The van der Waals surface area contributed by atoms with Crippen LogP contribution >= 0.6 is 0 Å². The molecule has 2 heteroatoms. The number of ether oxygens (including phenoxy) is 1. The van der Waals surface area contributed by atoms with Crippen LogP contribution in [0.4, 0.5) is 0 Å². The molecule has 1 N–H and O–H groups in total. The lowest BCUT2D eigenvalue weighted by atomic mass is 9.74. The van der Waals surface area contributed by atoms with Crippen molar-refractivity contribution in [2.24, 2.45) is 11.3 Å². The van der Waals surface area contributed by atoms with Gasteiger partial charge in [-0.3, -0.25) is 0 Å². The van der Waals surface area contributed by atoms with Crippen LogP contribution in [0.25, 0.3) is 0 Å². The molecule has 1 aliphatic carbocycles. The van der Waals surface area contributed by atoms with Crippen molar-refractivity contribution in [3.63, 3.8) is 0 Å². The van der Waals surface area contributed by atoms with Gasteiger partial charge in [-0.2, -0.15) is 0 Å². The normalized spacial score (nSPS) is 30.7. The molecule has 1 aliphatic heterocycles. The zero-order chi connectivity index (χ0) is 13.4. The van der Waals surface area contributed by atoms with Crippen LogP contribution in [-0.4, -0.2) is 24.3 Å². The van der Waals surface area contributed by atoms with E-state index in [1.165, 1.54) is 32.1 Å². The Bertz CT molecular complexity index is 283. The Morgan fingerprint density at radius 2 is 1.94 bits per heavy atom. The largest absolute Gasteiger partial charge is 0.372 e. The molecule has 18 heavy (non-hydrogen) atoms. The molecule has 0 aromatic heterocycles. The summed E-state index contributed by atoms with van der Waals surface area (Å²) >= 11 is 0. The van der Waals surface area contributed by atoms with Gasteiger partial charge < -0.3 is 10.1 Å². The van der Waals surface area contributed by atoms with Gasteiger partial charge in [-0.25, -0.2) is 0 Å². The molecule has 0 radical (unpaired) electrons. The van der Waals surface area contributed by atoms with E-state index in [2.05, 4.69) is 39.9 Å². The Labute approximate surface area is 113 Å². The summed E-state index contributed by atoms with van der Waals surface area (Å²) in [6, 6.07) is 0.809. The summed E-state index contributed by atoms with van der Waals surface area (Å²) in [4.78, 5) is 0. The average molecular weight is 253 g/mol. The third kappa shape index (κ3) is 3.71. The molecule has 2 atom stereocenters. The third-order valence-corrected chi connectivity index (χ3v) is 5.01. The fraction of sp³-hybridized carbons (Fsp3) is 1.00. The molecule has 1 saturated carbocycles. The van der Waals surface area contributed by atoms with Crippen molar-refractivity contribution in [3.8, 4) is 0 Å². The Hall–Kier alpha value is -0.0800. The molecule has 0 aromatic carbocycles. The molecular formula is C16H31NO. The average Bonchev–Trinajstić information content (AvgIpc) is 3.01. The van der Waals surface area contributed by atoms with E-state index in [4.69, 9.17) is 4.74 Å². The van der Waals surface area contributed by atoms with Gasteiger partial charge in [0.15, 0.2) is 0 Å². The van der Waals surface area contributed by atoms with Crippen molar-refractivity contribution in [1.29, 1.82) is 0 Å². The van der Waals surface area contributed by atoms with Gasteiger partial charge in [0.1, 0.15) is 0 Å². The topological polar surface area (TPSA) is 21.3 Å². The van der Waals surface area contributed by atoms with E-state index in [1.54, 1.807) is 0 Å². The van der Waals surface area contributed by atoms with Crippen molar-refractivity contribution in [3.05, 3.63) is 0 Å². The minimum absolute atomic E-state index is 0.104. The first-order valence-electron chi connectivity index (χ1n) is 7.72. The summed E-state index contributed by atoms with van der Waals surface area (Å²) in [5.41, 5.74) is 0.472. The zero-order valence-corrected chi connectivity index (χ0v) is 12.9. The smallest absolute Gasteiger partial charge is 0.0631 e. The summed E-state index contributed by atoms with van der Waals surface area (Å²) < 4.78 is 6.19. The van der Waals surface area contributed by atoms with Crippen molar-refractivity contribution < 1.29 is 4.74 Å². The summed E-state index contributed by atoms with van der Waals surface area (Å²) in [7, 11) is 0. The zero-order valence-electron chi connectivity index (χ0n) is 12.9. The molecule has 0 amide bonds.